The highest BCUT2D eigenvalue weighted by atomic mass is 28.4. The summed E-state index contributed by atoms with van der Waals surface area (Å²) in [5.41, 5.74) is 3.79. The highest BCUT2D eigenvalue weighted by molar-refractivity contribution is 6.74. The van der Waals surface area contributed by atoms with Crippen molar-refractivity contribution in [2.75, 3.05) is 33.9 Å². The Morgan fingerprint density at radius 3 is 1.30 bits per heavy atom. The minimum Gasteiger partial charge on any atom is -0.467 e. The van der Waals surface area contributed by atoms with Crippen LogP contribution in [0.5, 0.6) is 0 Å². The Kier molecular flexibility index (Phi) is 23.8. The van der Waals surface area contributed by atoms with Gasteiger partial charge in [-0.25, -0.2) is 19.2 Å². The third kappa shape index (κ3) is 19.8. The fourth-order valence-corrected chi connectivity index (χ4v) is 9.07. The number of amides is 2. The first kappa shape index (κ1) is 60.4. The molecule has 0 spiro atoms. The molecule has 3 N–H and O–H groups in total. The highest BCUT2D eigenvalue weighted by Gasteiger charge is 2.54. The second kappa shape index (κ2) is 24.8. The molecule has 63 heavy (non-hydrogen) atoms. The maximum Gasteiger partial charge on any atom is 0.411 e. The Morgan fingerprint density at radius 1 is 0.667 bits per heavy atom. The summed E-state index contributed by atoms with van der Waals surface area (Å²) in [6, 6.07) is -2.35. The molecule has 2 rings (SSSR count). The van der Waals surface area contributed by atoms with E-state index < -0.39 is 76.2 Å². The van der Waals surface area contributed by atoms with Crippen LogP contribution in [0.1, 0.15) is 136 Å². The summed E-state index contributed by atoms with van der Waals surface area (Å²) in [6.45, 7) is 43.2. The second-order valence-electron chi connectivity index (χ2n) is 22.7. The molecule has 2 fully saturated rings. The zero-order chi connectivity index (χ0) is 49.7. The molecule has 0 aromatic heterocycles. The SMILES string of the molecule is CC(C)CN.COC(=O)[C@@H]1C[C@@H](O[Si](C)(C)C(C)(C)C)[C@@H](CC=O)N1C(=O)OC(C)(C)C.COC(=O)[C@@H]1C[C@@H](O[Si](C)(C)C(C)(C)C)[C@@H](CCNCC(C)C)N1C(=O)OC(C)(C)C. The number of hydrogen-bond donors (Lipinski definition) is 2. The average molecular weight is 933 g/mol. The van der Waals surface area contributed by atoms with Gasteiger partial charge in [0.05, 0.1) is 38.5 Å². The quantitative estimate of drug-likeness (QED) is 0.0555. The highest BCUT2D eigenvalue weighted by Crippen LogP contribution is 2.43. The van der Waals surface area contributed by atoms with Gasteiger partial charge in [0.15, 0.2) is 16.6 Å². The van der Waals surface area contributed by atoms with Crippen LogP contribution in [-0.2, 0) is 42.2 Å². The molecule has 2 saturated heterocycles. The van der Waals surface area contributed by atoms with Crippen molar-refractivity contribution in [1.82, 2.24) is 15.1 Å². The van der Waals surface area contributed by atoms with Crippen molar-refractivity contribution < 1.29 is 51.8 Å². The molecule has 0 aliphatic carbocycles. The van der Waals surface area contributed by atoms with Gasteiger partial charge >= 0.3 is 24.1 Å². The van der Waals surface area contributed by atoms with E-state index in [0.29, 0.717) is 24.7 Å². The van der Waals surface area contributed by atoms with Gasteiger partial charge in [-0.2, -0.15) is 0 Å². The van der Waals surface area contributed by atoms with Crippen molar-refractivity contribution in [3.8, 4) is 0 Å². The Bertz CT molecular complexity index is 1450. The fraction of sp³-hybridized carbons (Fsp3) is 0.891. The molecular weight excluding hydrogens is 841 g/mol. The summed E-state index contributed by atoms with van der Waals surface area (Å²) < 4.78 is 34.3. The number of methoxy groups -OCH3 is 2. The van der Waals surface area contributed by atoms with Gasteiger partial charge < -0.3 is 43.6 Å². The number of nitrogens with zero attached hydrogens (tertiary/aromatic N) is 2. The normalized spacial score (nSPS) is 22.2. The molecule has 0 unspecified atom stereocenters. The van der Waals surface area contributed by atoms with Crippen molar-refractivity contribution in [3.05, 3.63) is 0 Å². The van der Waals surface area contributed by atoms with Gasteiger partial charge in [-0.05, 0) is 116 Å². The number of esters is 2. The molecule has 6 atom stereocenters. The number of aldehydes is 1. The van der Waals surface area contributed by atoms with E-state index in [0.717, 1.165) is 25.9 Å². The van der Waals surface area contributed by atoms with Gasteiger partial charge in [-0.1, -0.05) is 69.2 Å². The monoisotopic (exact) mass is 933 g/mol. The predicted octanol–water partition coefficient (Wildman–Crippen LogP) is 8.68. The van der Waals surface area contributed by atoms with Crippen LogP contribution in [0.3, 0.4) is 0 Å². The number of nitrogens with two attached hydrogens (primary N) is 1. The number of carbonyl (C=O) groups is 5. The van der Waals surface area contributed by atoms with Gasteiger partial charge in [0.2, 0.25) is 0 Å². The minimum absolute atomic E-state index is 0.0214. The van der Waals surface area contributed by atoms with Gasteiger partial charge in [-0.3, -0.25) is 9.80 Å². The summed E-state index contributed by atoms with van der Waals surface area (Å²) in [7, 11) is -1.65. The molecular formula is C46H92N4O11Si2. The summed E-state index contributed by atoms with van der Waals surface area (Å²) >= 11 is 0. The Balaban J connectivity index is 0.00000111. The third-order valence-corrected chi connectivity index (χ3v) is 20.8. The Morgan fingerprint density at radius 2 is 1.02 bits per heavy atom. The van der Waals surface area contributed by atoms with Crippen LogP contribution in [0.15, 0.2) is 0 Å². The number of ether oxygens (including phenoxy) is 4. The van der Waals surface area contributed by atoms with E-state index >= 15 is 0 Å². The van der Waals surface area contributed by atoms with Crippen LogP contribution >= 0.6 is 0 Å². The molecule has 0 aromatic carbocycles. The van der Waals surface area contributed by atoms with Crippen molar-refractivity contribution in [3.63, 3.8) is 0 Å². The van der Waals surface area contributed by atoms with Crippen LogP contribution in [0.2, 0.25) is 36.3 Å². The number of likely N-dealkylation sites (tertiary alicyclic amines) is 2. The van der Waals surface area contributed by atoms with Crippen LogP contribution in [-0.4, -0.2) is 138 Å². The molecule has 2 aliphatic heterocycles. The van der Waals surface area contributed by atoms with Gasteiger partial charge in [0.25, 0.3) is 0 Å². The largest absolute Gasteiger partial charge is 0.467 e. The van der Waals surface area contributed by atoms with E-state index in [1.807, 2.05) is 20.8 Å². The standard InChI is InChI=1S/C23H46N2O5Si.C19H35NO6Si.C4H11N/c1-16(2)15-24-13-12-17-19(30-31(10,11)23(6,7)8)14-18(20(26)28-9)25(17)21(27)29-22(3,4)5;1-18(2,3)25-17(23)20-13(10-11-21)15(12-14(20)16(22)24-7)26-27(8,9)19(4,5)6;1-4(2)3-5/h16-19,24H,12-15H2,1-11H3;11,13-15H,10,12H2,1-9H3;4H,3,5H2,1-2H3/t17-,18+,19-;13-,14+,15-;/m11./s1. The van der Waals surface area contributed by atoms with E-state index in [2.05, 4.69) is 101 Å². The van der Waals surface area contributed by atoms with Gasteiger partial charge in [-0.15, -0.1) is 0 Å². The van der Waals surface area contributed by atoms with Crippen LogP contribution < -0.4 is 11.1 Å². The molecule has 0 bridgehead atoms. The molecule has 0 saturated carbocycles. The molecule has 15 nitrogen and oxygen atoms in total. The summed E-state index contributed by atoms with van der Waals surface area (Å²) in [5.74, 6) is 0.244. The molecule has 2 amide bonds. The minimum atomic E-state index is -2.17. The van der Waals surface area contributed by atoms with Crippen LogP contribution in [0.4, 0.5) is 9.59 Å². The maximum absolute atomic E-state index is 13.2. The summed E-state index contributed by atoms with van der Waals surface area (Å²) in [6.07, 6.45) is 0.439. The van der Waals surface area contributed by atoms with Gasteiger partial charge in [0.1, 0.15) is 29.6 Å². The van der Waals surface area contributed by atoms with E-state index in [-0.39, 0.29) is 35.1 Å². The number of rotatable bonds is 14. The first-order valence-electron chi connectivity index (χ1n) is 22.8. The van der Waals surface area contributed by atoms with Crippen molar-refractivity contribution >= 4 is 47.0 Å². The van der Waals surface area contributed by atoms with E-state index in [1.165, 1.54) is 19.1 Å². The second-order valence-corrected chi connectivity index (χ2v) is 32.2. The van der Waals surface area contributed by atoms with E-state index in [1.54, 1.807) is 25.7 Å². The lowest BCUT2D eigenvalue weighted by Gasteiger charge is -2.40. The van der Waals surface area contributed by atoms with Crippen molar-refractivity contribution in [2.45, 2.75) is 220 Å². The zero-order valence-corrected chi connectivity index (χ0v) is 45.6. The fourth-order valence-electron chi connectivity index (χ4n) is 6.34. The van der Waals surface area contributed by atoms with Gasteiger partial charge in [0, 0.05) is 19.3 Å². The maximum atomic E-state index is 13.2. The zero-order valence-electron chi connectivity index (χ0n) is 43.6. The number of nitrogens with one attached hydrogen (secondary N) is 1. The average Bonchev–Trinajstić information content (AvgIpc) is 3.64. The van der Waals surface area contributed by atoms with Crippen LogP contribution in [0, 0.1) is 11.8 Å². The Hall–Kier alpha value is -2.58. The smallest absolute Gasteiger partial charge is 0.411 e. The molecule has 0 radical (unpaired) electrons. The lowest BCUT2D eigenvalue weighted by molar-refractivity contribution is -0.146. The molecule has 2 aliphatic rings. The topological polar surface area (TPSA) is 185 Å². The lowest BCUT2D eigenvalue weighted by Crippen LogP contribution is -2.51. The summed E-state index contributed by atoms with van der Waals surface area (Å²) in [5, 5.41) is 3.43. The lowest BCUT2D eigenvalue weighted by atomic mass is 10.1. The summed E-state index contributed by atoms with van der Waals surface area (Å²) in [4.78, 5) is 65.2. The molecule has 17 heteroatoms. The Labute approximate surface area is 384 Å². The number of carbonyl (C=O) groups excluding carboxylic acids is 5. The van der Waals surface area contributed by atoms with E-state index in [4.69, 9.17) is 33.5 Å². The predicted molar refractivity (Wildman–Crippen MR) is 256 cm³/mol. The van der Waals surface area contributed by atoms with E-state index in [9.17, 15) is 24.0 Å². The van der Waals surface area contributed by atoms with Crippen molar-refractivity contribution in [2.24, 2.45) is 17.6 Å². The number of hydrogen-bond acceptors (Lipinski definition) is 13. The molecule has 2 heterocycles. The third-order valence-electron chi connectivity index (χ3n) is 11.8. The first-order chi connectivity index (χ1) is 28.4. The first-order valence-corrected chi connectivity index (χ1v) is 28.6. The van der Waals surface area contributed by atoms with Crippen molar-refractivity contribution in [1.29, 1.82) is 0 Å². The van der Waals surface area contributed by atoms with Crippen LogP contribution in [0.25, 0.3) is 0 Å². The molecule has 370 valence electrons. The molecule has 0 aromatic rings.